The van der Waals surface area contributed by atoms with E-state index in [1.165, 1.54) is 11.8 Å². The average Bonchev–Trinajstić information content (AvgIpc) is 3.34. The Morgan fingerprint density at radius 3 is 3.00 bits per heavy atom. The van der Waals surface area contributed by atoms with Gasteiger partial charge in [0, 0.05) is 16.6 Å². The van der Waals surface area contributed by atoms with E-state index in [4.69, 9.17) is 9.68 Å². The zero-order chi connectivity index (χ0) is 19.8. The predicted octanol–water partition coefficient (Wildman–Crippen LogP) is 4.04. The maximum absolute atomic E-state index is 12.4. The van der Waals surface area contributed by atoms with Crippen molar-refractivity contribution in [1.29, 1.82) is 5.26 Å². The molecule has 3 aromatic rings. The Balaban J connectivity index is 1.57. The van der Waals surface area contributed by atoms with Gasteiger partial charge in [-0.3, -0.25) is 4.79 Å². The minimum atomic E-state index is -0.126. The second kappa shape index (κ2) is 10.0. The van der Waals surface area contributed by atoms with Gasteiger partial charge in [0.05, 0.1) is 30.3 Å². The number of carbonyl (C=O) groups is 1. The number of para-hydroxylation sites is 1. The molecule has 3 rings (SSSR count). The van der Waals surface area contributed by atoms with Crippen LogP contribution in [0.3, 0.4) is 0 Å². The van der Waals surface area contributed by atoms with E-state index in [1.807, 2.05) is 47.9 Å². The molecule has 0 radical (unpaired) electrons. The van der Waals surface area contributed by atoms with Gasteiger partial charge >= 0.3 is 0 Å². The molecule has 0 saturated carbocycles. The van der Waals surface area contributed by atoms with Crippen molar-refractivity contribution >= 4 is 35.1 Å². The van der Waals surface area contributed by atoms with Crippen LogP contribution in [0.2, 0.25) is 0 Å². The number of thioether (sulfide) groups is 2. The minimum absolute atomic E-state index is 0.126. The number of benzene rings is 1. The third kappa shape index (κ3) is 5.65. The van der Waals surface area contributed by atoms with Gasteiger partial charge in [-0.05, 0) is 24.3 Å². The average molecular weight is 414 g/mol. The first-order chi connectivity index (χ1) is 13.7. The number of nitriles is 1. The molecule has 2 aromatic heterocycles. The number of anilines is 1. The van der Waals surface area contributed by atoms with Crippen LogP contribution in [0.4, 0.5) is 5.69 Å². The summed E-state index contributed by atoms with van der Waals surface area (Å²) in [4.78, 5) is 13.4. The number of furan rings is 1. The standard InChI is InChI=1S/C19H19N5O2S2/c1-14(8-9-20)28-17-7-3-2-6-16(17)22-18(25)12-27-19-23-21-13-24(19)11-15-5-4-10-26-15/h2-7,10,13-14H,8,11-12H2,1H3,(H,22,25)/t14-/m0/s1. The zero-order valence-electron chi connectivity index (χ0n) is 15.2. The van der Waals surface area contributed by atoms with Crippen molar-refractivity contribution in [1.82, 2.24) is 14.8 Å². The molecule has 1 aromatic carbocycles. The number of hydrogen-bond donors (Lipinski definition) is 1. The molecule has 1 amide bonds. The fourth-order valence-corrected chi connectivity index (χ4v) is 4.12. The normalized spacial score (nSPS) is 11.7. The number of nitrogens with one attached hydrogen (secondary N) is 1. The van der Waals surface area contributed by atoms with E-state index in [-0.39, 0.29) is 16.9 Å². The van der Waals surface area contributed by atoms with Crippen LogP contribution in [-0.4, -0.2) is 31.7 Å². The third-order valence-corrected chi connectivity index (χ3v) is 5.85. The summed E-state index contributed by atoms with van der Waals surface area (Å²) in [6.07, 6.45) is 3.69. The summed E-state index contributed by atoms with van der Waals surface area (Å²) in [6, 6.07) is 13.5. The maximum atomic E-state index is 12.4. The van der Waals surface area contributed by atoms with Crippen molar-refractivity contribution < 1.29 is 9.21 Å². The lowest BCUT2D eigenvalue weighted by atomic mass is 10.3. The summed E-state index contributed by atoms with van der Waals surface area (Å²) >= 11 is 2.89. The highest BCUT2D eigenvalue weighted by atomic mass is 32.2. The van der Waals surface area contributed by atoms with Crippen LogP contribution in [0.25, 0.3) is 0 Å². The van der Waals surface area contributed by atoms with Crippen molar-refractivity contribution in [2.75, 3.05) is 11.1 Å². The summed E-state index contributed by atoms with van der Waals surface area (Å²) in [5.41, 5.74) is 0.750. The van der Waals surface area contributed by atoms with Gasteiger partial charge in [-0.2, -0.15) is 5.26 Å². The Bertz CT molecular complexity index is 949. The van der Waals surface area contributed by atoms with Crippen LogP contribution in [-0.2, 0) is 11.3 Å². The van der Waals surface area contributed by atoms with Crippen molar-refractivity contribution in [3.8, 4) is 6.07 Å². The highest BCUT2D eigenvalue weighted by molar-refractivity contribution is 8.00. The smallest absolute Gasteiger partial charge is 0.234 e. The molecule has 7 nitrogen and oxygen atoms in total. The van der Waals surface area contributed by atoms with E-state index in [1.54, 1.807) is 24.4 Å². The number of amides is 1. The summed E-state index contributed by atoms with van der Waals surface area (Å²) in [6.45, 7) is 2.51. The highest BCUT2D eigenvalue weighted by Gasteiger charge is 2.13. The molecule has 9 heteroatoms. The number of carbonyl (C=O) groups excluding carboxylic acids is 1. The quantitative estimate of drug-likeness (QED) is 0.529. The number of hydrogen-bond acceptors (Lipinski definition) is 7. The van der Waals surface area contributed by atoms with E-state index in [0.717, 1.165) is 16.3 Å². The number of rotatable bonds is 9. The molecule has 144 valence electrons. The Morgan fingerprint density at radius 2 is 2.21 bits per heavy atom. The molecule has 0 unspecified atom stereocenters. The first-order valence-electron chi connectivity index (χ1n) is 8.61. The lowest BCUT2D eigenvalue weighted by molar-refractivity contribution is -0.113. The Labute approximate surface area is 171 Å². The van der Waals surface area contributed by atoms with Gasteiger partial charge in [-0.1, -0.05) is 30.8 Å². The van der Waals surface area contributed by atoms with Crippen LogP contribution < -0.4 is 5.32 Å². The van der Waals surface area contributed by atoms with Gasteiger partial charge < -0.3 is 14.3 Å². The molecule has 1 atom stereocenters. The molecule has 0 fully saturated rings. The lowest BCUT2D eigenvalue weighted by Gasteiger charge is -2.13. The molecule has 28 heavy (non-hydrogen) atoms. The fourth-order valence-electron chi connectivity index (χ4n) is 2.41. The number of aromatic nitrogens is 3. The van der Waals surface area contributed by atoms with E-state index in [9.17, 15) is 4.79 Å². The monoisotopic (exact) mass is 413 g/mol. The SMILES string of the molecule is C[C@@H](CC#N)Sc1ccccc1NC(=O)CSc1nncn1Cc1ccco1. The molecule has 2 heterocycles. The third-order valence-electron chi connectivity index (χ3n) is 3.69. The molecule has 0 bridgehead atoms. The molecule has 0 spiro atoms. The second-order valence-electron chi connectivity index (χ2n) is 5.94. The predicted molar refractivity (Wildman–Crippen MR) is 109 cm³/mol. The first-order valence-corrected chi connectivity index (χ1v) is 10.5. The largest absolute Gasteiger partial charge is 0.467 e. The van der Waals surface area contributed by atoms with E-state index in [2.05, 4.69) is 21.6 Å². The van der Waals surface area contributed by atoms with Crippen molar-refractivity contribution in [2.45, 2.75) is 35.2 Å². The first kappa shape index (κ1) is 20.0. The Kier molecular flexibility index (Phi) is 7.17. The summed E-state index contributed by atoms with van der Waals surface area (Å²) < 4.78 is 7.18. The second-order valence-corrected chi connectivity index (χ2v) is 8.37. The van der Waals surface area contributed by atoms with Gasteiger partial charge in [0.1, 0.15) is 12.1 Å². The molecule has 0 aliphatic carbocycles. The molecular formula is C19H19N5O2S2. The van der Waals surface area contributed by atoms with Gasteiger partial charge in [-0.15, -0.1) is 22.0 Å². The fraction of sp³-hybridized carbons (Fsp3) is 0.263. The topological polar surface area (TPSA) is 96.7 Å². The van der Waals surface area contributed by atoms with Crippen molar-refractivity contribution in [3.05, 3.63) is 54.7 Å². The molecular weight excluding hydrogens is 394 g/mol. The molecule has 0 aliphatic rings. The summed E-state index contributed by atoms with van der Waals surface area (Å²) in [5.74, 6) is 0.880. The Morgan fingerprint density at radius 1 is 1.36 bits per heavy atom. The molecule has 0 aliphatic heterocycles. The summed E-state index contributed by atoms with van der Waals surface area (Å²) in [5, 5.41) is 20.6. The van der Waals surface area contributed by atoms with Gasteiger partial charge in [0.2, 0.25) is 5.91 Å². The Hall–Kier alpha value is -2.70. The van der Waals surface area contributed by atoms with Gasteiger partial charge in [-0.25, -0.2) is 0 Å². The van der Waals surface area contributed by atoms with E-state index >= 15 is 0 Å². The highest BCUT2D eigenvalue weighted by Crippen LogP contribution is 2.31. The zero-order valence-corrected chi connectivity index (χ0v) is 16.9. The number of nitrogens with zero attached hydrogens (tertiary/aromatic N) is 4. The minimum Gasteiger partial charge on any atom is -0.467 e. The van der Waals surface area contributed by atoms with E-state index in [0.29, 0.717) is 18.1 Å². The molecule has 0 saturated heterocycles. The van der Waals surface area contributed by atoms with Crippen molar-refractivity contribution in [2.24, 2.45) is 0 Å². The van der Waals surface area contributed by atoms with E-state index < -0.39 is 0 Å². The van der Waals surface area contributed by atoms with Crippen LogP contribution >= 0.6 is 23.5 Å². The lowest BCUT2D eigenvalue weighted by Crippen LogP contribution is -2.15. The van der Waals surface area contributed by atoms with Gasteiger partial charge in [0.25, 0.3) is 0 Å². The van der Waals surface area contributed by atoms with Crippen molar-refractivity contribution in [3.63, 3.8) is 0 Å². The van der Waals surface area contributed by atoms with Crippen LogP contribution in [0.5, 0.6) is 0 Å². The molecule has 1 N–H and O–H groups in total. The van der Waals surface area contributed by atoms with Crippen LogP contribution in [0.1, 0.15) is 19.1 Å². The maximum Gasteiger partial charge on any atom is 0.234 e. The van der Waals surface area contributed by atoms with Gasteiger partial charge in [0.15, 0.2) is 5.16 Å². The van der Waals surface area contributed by atoms with Crippen LogP contribution in [0.15, 0.2) is 63.5 Å². The summed E-state index contributed by atoms with van der Waals surface area (Å²) in [7, 11) is 0. The van der Waals surface area contributed by atoms with Crippen LogP contribution in [0, 0.1) is 11.3 Å².